The number of alkyl halides is 2. The highest BCUT2D eigenvalue weighted by molar-refractivity contribution is 5.67. The maximum atomic E-state index is 12.5. The molecule has 0 rings (SSSR count). The molecule has 13 heavy (non-hydrogen) atoms. The third-order valence-electron chi connectivity index (χ3n) is 1.13. The number of nitrogens with two attached hydrogens (primary N) is 1. The zero-order chi connectivity index (χ0) is 10.5. The van der Waals surface area contributed by atoms with Crippen LogP contribution in [0.15, 0.2) is 0 Å². The number of nitrogens with one attached hydrogen (secondary N) is 1. The number of hydrogen-bond donors (Lipinski definition) is 2. The van der Waals surface area contributed by atoms with Gasteiger partial charge in [-0.3, -0.25) is 0 Å². The molecule has 0 aromatic heterocycles. The first-order valence-corrected chi connectivity index (χ1v) is 3.90. The molecule has 0 spiro atoms. The van der Waals surface area contributed by atoms with Crippen LogP contribution in [0.2, 0.25) is 0 Å². The molecule has 0 aliphatic carbocycles. The highest BCUT2D eigenvalue weighted by atomic mass is 19.3. The van der Waals surface area contributed by atoms with Gasteiger partial charge in [-0.25, -0.2) is 13.6 Å². The summed E-state index contributed by atoms with van der Waals surface area (Å²) in [7, 11) is 0. The van der Waals surface area contributed by atoms with Crippen LogP contribution in [0.1, 0.15) is 13.8 Å². The summed E-state index contributed by atoms with van der Waals surface area (Å²) in [5, 5.41) is 1.91. The van der Waals surface area contributed by atoms with Crippen LogP contribution in [0.5, 0.6) is 0 Å². The van der Waals surface area contributed by atoms with Crippen molar-refractivity contribution >= 4 is 6.09 Å². The molecular formula is C7H14F2N2O2. The average Bonchev–Trinajstić information content (AvgIpc) is 2.00. The Hall–Kier alpha value is -0.910. The molecule has 0 saturated heterocycles. The molecule has 0 atom stereocenters. The van der Waals surface area contributed by atoms with E-state index in [1.54, 1.807) is 13.8 Å². The van der Waals surface area contributed by atoms with Crippen LogP contribution in [0, 0.1) is 0 Å². The maximum Gasteiger partial charge on any atom is 0.407 e. The van der Waals surface area contributed by atoms with Gasteiger partial charge in [-0.15, -0.1) is 0 Å². The number of halogens is 2. The van der Waals surface area contributed by atoms with Crippen LogP contribution >= 0.6 is 0 Å². The molecule has 78 valence electrons. The van der Waals surface area contributed by atoms with Gasteiger partial charge >= 0.3 is 6.09 Å². The molecule has 0 aromatic carbocycles. The lowest BCUT2D eigenvalue weighted by Crippen LogP contribution is -2.42. The van der Waals surface area contributed by atoms with Gasteiger partial charge in [0.25, 0.3) is 5.92 Å². The average molecular weight is 196 g/mol. The highest BCUT2D eigenvalue weighted by Crippen LogP contribution is 2.08. The molecule has 4 nitrogen and oxygen atoms in total. The Labute approximate surface area is 75.4 Å². The predicted octanol–water partition coefficient (Wildman–Crippen LogP) is 0.715. The van der Waals surface area contributed by atoms with Gasteiger partial charge in [0.1, 0.15) is 0 Å². The number of rotatable bonds is 4. The van der Waals surface area contributed by atoms with E-state index < -0.39 is 25.1 Å². The molecule has 0 radical (unpaired) electrons. The van der Waals surface area contributed by atoms with E-state index in [-0.39, 0.29) is 6.10 Å². The summed E-state index contributed by atoms with van der Waals surface area (Å²) in [6, 6.07) is 0. The SMILES string of the molecule is CC(C)OC(=O)NCC(F)(F)CN. The van der Waals surface area contributed by atoms with Crippen LogP contribution in [0.3, 0.4) is 0 Å². The Kier molecular flexibility index (Phi) is 4.61. The van der Waals surface area contributed by atoms with E-state index in [4.69, 9.17) is 5.73 Å². The van der Waals surface area contributed by atoms with E-state index >= 15 is 0 Å². The molecular weight excluding hydrogens is 182 g/mol. The van der Waals surface area contributed by atoms with Crippen molar-refractivity contribution in [2.24, 2.45) is 5.73 Å². The number of alkyl carbamates (subject to hydrolysis) is 1. The number of ether oxygens (including phenoxy) is 1. The first-order valence-electron chi connectivity index (χ1n) is 3.90. The van der Waals surface area contributed by atoms with Crippen molar-refractivity contribution in [2.75, 3.05) is 13.1 Å². The molecule has 3 N–H and O–H groups in total. The van der Waals surface area contributed by atoms with Crippen molar-refractivity contribution in [1.29, 1.82) is 0 Å². The lowest BCUT2D eigenvalue weighted by molar-refractivity contribution is 0.00954. The molecule has 0 unspecified atom stereocenters. The second kappa shape index (κ2) is 4.96. The fraction of sp³-hybridized carbons (Fsp3) is 0.857. The van der Waals surface area contributed by atoms with Crippen molar-refractivity contribution in [2.45, 2.75) is 25.9 Å². The van der Waals surface area contributed by atoms with Crippen LogP contribution in [-0.4, -0.2) is 31.2 Å². The fourth-order valence-electron chi connectivity index (χ4n) is 0.529. The monoisotopic (exact) mass is 196 g/mol. The summed E-state index contributed by atoms with van der Waals surface area (Å²) in [5.41, 5.74) is 4.75. The minimum atomic E-state index is -3.07. The van der Waals surface area contributed by atoms with Gasteiger partial charge in [-0.1, -0.05) is 0 Å². The zero-order valence-electron chi connectivity index (χ0n) is 7.64. The van der Waals surface area contributed by atoms with Gasteiger partial charge in [-0.05, 0) is 13.8 Å². The molecule has 0 aliphatic rings. The Morgan fingerprint density at radius 2 is 2.15 bits per heavy atom. The first kappa shape index (κ1) is 12.1. The number of carbonyl (C=O) groups excluding carboxylic acids is 1. The summed E-state index contributed by atoms with van der Waals surface area (Å²) in [4.78, 5) is 10.7. The molecule has 0 heterocycles. The van der Waals surface area contributed by atoms with E-state index in [2.05, 4.69) is 4.74 Å². The largest absolute Gasteiger partial charge is 0.447 e. The smallest absolute Gasteiger partial charge is 0.407 e. The van der Waals surface area contributed by atoms with Crippen molar-refractivity contribution in [3.63, 3.8) is 0 Å². The van der Waals surface area contributed by atoms with Crippen molar-refractivity contribution in [3.8, 4) is 0 Å². The summed E-state index contributed by atoms with van der Waals surface area (Å²) < 4.78 is 29.5. The minimum Gasteiger partial charge on any atom is -0.447 e. The van der Waals surface area contributed by atoms with E-state index in [1.807, 2.05) is 5.32 Å². The first-order chi connectivity index (χ1) is 5.87. The van der Waals surface area contributed by atoms with Gasteiger partial charge in [0.2, 0.25) is 0 Å². The van der Waals surface area contributed by atoms with Gasteiger partial charge in [0.05, 0.1) is 19.2 Å². The third-order valence-corrected chi connectivity index (χ3v) is 1.13. The molecule has 6 heteroatoms. The van der Waals surface area contributed by atoms with E-state index in [1.165, 1.54) is 0 Å². The van der Waals surface area contributed by atoms with Crippen LogP contribution in [-0.2, 0) is 4.74 Å². The number of carbonyl (C=O) groups is 1. The Morgan fingerprint density at radius 3 is 2.54 bits per heavy atom. The summed E-state index contributed by atoms with van der Waals surface area (Å²) in [6.07, 6.45) is -1.19. The molecule has 0 bridgehead atoms. The number of hydrogen-bond acceptors (Lipinski definition) is 3. The molecule has 0 aliphatic heterocycles. The lowest BCUT2D eigenvalue weighted by atomic mass is 10.3. The zero-order valence-corrected chi connectivity index (χ0v) is 7.64. The van der Waals surface area contributed by atoms with Crippen molar-refractivity contribution in [3.05, 3.63) is 0 Å². The Bertz CT molecular complexity index is 174. The van der Waals surface area contributed by atoms with Gasteiger partial charge in [0, 0.05) is 0 Å². The van der Waals surface area contributed by atoms with E-state index in [9.17, 15) is 13.6 Å². The van der Waals surface area contributed by atoms with Crippen molar-refractivity contribution < 1.29 is 18.3 Å². The minimum absolute atomic E-state index is 0.327. The topological polar surface area (TPSA) is 64.3 Å². The van der Waals surface area contributed by atoms with Crippen LogP contribution in [0.4, 0.5) is 13.6 Å². The normalized spacial score (nSPS) is 11.5. The molecule has 1 amide bonds. The van der Waals surface area contributed by atoms with Crippen molar-refractivity contribution in [1.82, 2.24) is 5.32 Å². The van der Waals surface area contributed by atoms with E-state index in [0.717, 1.165) is 0 Å². The summed E-state index contributed by atoms with van der Waals surface area (Å²) in [6.45, 7) is 1.66. The lowest BCUT2D eigenvalue weighted by Gasteiger charge is -2.15. The standard InChI is InChI=1S/C7H14F2N2O2/c1-5(2)13-6(12)11-4-7(8,9)3-10/h5H,3-4,10H2,1-2H3,(H,11,12). The fourth-order valence-corrected chi connectivity index (χ4v) is 0.529. The molecule has 0 saturated carbocycles. The molecule has 0 aromatic rings. The predicted molar refractivity (Wildman–Crippen MR) is 43.6 cm³/mol. The maximum absolute atomic E-state index is 12.5. The second-order valence-electron chi connectivity index (χ2n) is 2.87. The van der Waals surface area contributed by atoms with Gasteiger partial charge < -0.3 is 15.8 Å². The van der Waals surface area contributed by atoms with Gasteiger partial charge in [0.15, 0.2) is 0 Å². The highest BCUT2D eigenvalue weighted by Gasteiger charge is 2.27. The summed E-state index contributed by atoms with van der Waals surface area (Å²) in [5.74, 6) is -3.07. The Morgan fingerprint density at radius 1 is 1.62 bits per heavy atom. The third kappa shape index (κ3) is 6.27. The van der Waals surface area contributed by atoms with E-state index in [0.29, 0.717) is 0 Å². The van der Waals surface area contributed by atoms with Gasteiger partial charge in [-0.2, -0.15) is 0 Å². The second-order valence-corrected chi connectivity index (χ2v) is 2.87. The number of amides is 1. The van der Waals surface area contributed by atoms with Crippen LogP contribution in [0.25, 0.3) is 0 Å². The van der Waals surface area contributed by atoms with Crippen LogP contribution < -0.4 is 11.1 Å². The molecule has 0 fully saturated rings. The quantitative estimate of drug-likeness (QED) is 0.696. The summed E-state index contributed by atoms with van der Waals surface area (Å²) >= 11 is 0. The Balaban J connectivity index is 3.70.